The molecule has 0 saturated carbocycles. The van der Waals surface area contributed by atoms with Crippen LogP contribution < -0.4 is 5.32 Å². The van der Waals surface area contributed by atoms with E-state index >= 15 is 0 Å². The zero-order valence-corrected chi connectivity index (χ0v) is 10.3. The molecule has 3 heteroatoms. The molecule has 0 spiro atoms. The molecule has 90 valence electrons. The van der Waals surface area contributed by atoms with Crippen molar-refractivity contribution in [3.63, 3.8) is 0 Å². The van der Waals surface area contributed by atoms with Crippen LogP contribution in [-0.4, -0.2) is 17.2 Å². The molecule has 0 heterocycles. The molecule has 0 aliphatic rings. The van der Waals surface area contributed by atoms with E-state index in [2.05, 4.69) is 5.32 Å². The fourth-order valence-corrected chi connectivity index (χ4v) is 1.50. The Balaban J connectivity index is 2.73. The Morgan fingerprint density at radius 3 is 2.56 bits per heavy atom. The SMILES string of the molecule is Cc1c(F)cccc1C(O)CNC(C)(C)C. The van der Waals surface area contributed by atoms with E-state index < -0.39 is 6.10 Å². The number of halogens is 1. The second-order valence-electron chi connectivity index (χ2n) is 5.10. The van der Waals surface area contributed by atoms with Gasteiger partial charge in [0.1, 0.15) is 5.82 Å². The lowest BCUT2D eigenvalue weighted by Crippen LogP contribution is -2.38. The van der Waals surface area contributed by atoms with Crippen LogP contribution in [0.1, 0.15) is 38.0 Å². The Morgan fingerprint density at radius 2 is 2.00 bits per heavy atom. The number of rotatable bonds is 3. The normalized spacial score (nSPS) is 13.9. The highest BCUT2D eigenvalue weighted by Gasteiger charge is 2.16. The minimum atomic E-state index is -0.671. The summed E-state index contributed by atoms with van der Waals surface area (Å²) in [7, 11) is 0. The summed E-state index contributed by atoms with van der Waals surface area (Å²) in [5.41, 5.74) is 1.12. The summed E-state index contributed by atoms with van der Waals surface area (Å²) in [6, 6.07) is 4.79. The fourth-order valence-electron chi connectivity index (χ4n) is 1.50. The second-order valence-corrected chi connectivity index (χ2v) is 5.10. The van der Waals surface area contributed by atoms with Gasteiger partial charge in [0.05, 0.1) is 6.10 Å². The Labute approximate surface area is 96.5 Å². The minimum absolute atomic E-state index is 0.0534. The summed E-state index contributed by atoms with van der Waals surface area (Å²) in [4.78, 5) is 0. The van der Waals surface area contributed by atoms with Crippen molar-refractivity contribution in [3.05, 3.63) is 35.1 Å². The maximum absolute atomic E-state index is 13.3. The molecule has 0 aromatic heterocycles. The molecule has 0 fully saturated rings. The van der Waals surface area contributed by atoms with Crippen LogP contribution in [0, 0.1) is 12.7 Å². The zero-order valence-electron chi connectivity index (χ0n) is 10.3. The predicted octanol–water partition coefficient (Wildman–Crippen LogP) is 2.56. The topological polar surface area (TPSA) is 32.3 Å². The van der Waals surface area contributed by atoms with Gasteiger partial charge in [0.15, 0.2) is 0 Å². The van der Waals surface area contributed by atoms with Gasteiger partial charge in [0.25, 0.3) is 0 Å². The number of hydrogen-bond acceptors (Lipinski definition) is 2. The van der Waals surface area contributed by atoms with Crippen molar-refractivity contribution in [1.29, 1.82) is 0 Å². The Hall–Kier alpha value is -0.930. The average Bonchev–Trinajstić information content (AvgIpc) is 2.17. The molecule has 0 bridgehead atoms. The van der Waals surface area contributed by atoms with Crippen molar-refractivity contribution in [2.24, 2.45) is 0 Å². The van der Waals surface area contributed by atoms with Crippen molar-refractivity contribution in [1.82, 2.24) is 5.32 Å². The molecule has 1 aromatic rings. The van der Waals surface area contributed by atoms with Crippen LogP contribution in [0.25, 0.3) is 0 Å². The molecule has 2 N–H and O–H groups in total. The van der Waals surface area contributed by atoms with Gasteiger partial charge in [-0.3, -0.25) is 0 Å². The number of aliphatic hydroxyl groups excluding tert-OH is 1. The van der Waals surface area contributed by atoms with Gasteiger partial charge < -0.3 is 10.4 Å². The van der Waals surface area contributed by atoms with Crippen LogP contribution in [0.4, 0.5) is 4.39 Å². The minimum Gasteiger partial charge on any atom is -0.387 e. The van der Waals surface area contributed by atoms with E-state index in [-0.39, 0.29) is 11.4 Å². The summed E-state index contributed by atoms with van der Waals surface area (Å²) >= 11 is 0. The van der Waals surface area contributed by atoms with Gasteiger partial charge in [-0.15, -0.1) is 0 Å². The molecule has 0 saturated heterocycles. The van der Waals surface area contributed by atoms with Crippen molar-refractivity contribution in [2.45, 2.75) is 39.3 Å². The van der Waals surface area contributed by atoms with E-state index in [4.69, 9.17) is 0 Å². The summed E-state index contributed by atoms with van der Waals surface area (Å²) in [6.45, 7) is 8.19. The highest BCUT2D eigenvalue weighted by molar-refractivity contribution is 5.29. The van der Waals surface area contributed by atoms with Crippen LogP contribution in [0.15, 0.2) is 18.2 Å². The quantitative estimate of drug-likeness (QED) is 0.828. The second kappa shape index (κ2) is 4.93. The highest BCUT2D eigenvalue weighted by Crippen LogP contribution is 2.19. The molecule has 1 atom stereocenters. The van der Waals surface area contributed by atoms with Crippen molar-refractivity contribution in [3.8, 4) is 0 Å². The van der Waals surface area contributed by atoms with Gasteiger partial charge in [-0.25, -0.2) is 4.39 Å². The van der Waals surface area contributed by atoms with Crippen molar-refractivity contribution in [2.75, 3.05) is 6.54 Å². The number of hydrogen-bond donors (Lipinski definition) is 2. The highest BCUT2D eigenvalue weighted by atomic mass is 19.1. The molecule has 0 radical (unpaired) electrons. The Bertz CT molecular complexity index is 357. The number of nitrogens with one attached hydrogen (secondary N) is 1. The maximum atomic E-state index is 13.3. The largest absolute Gasteiger partial charge is 0.387 e. The fraction of sp³-hybridized carbons (Fsp3) is 0.538. The van der Waals surface area contributed by atoms with Crippen LogP contribution in [-0.2, 0) is 0 Å². The van der Waals surface area contributed by atoms with Crippen LogP contribution in [0.2, 0.25) is 0 Å². The third-order valence-corrected chi connectivity index (χ3v) is 2.49. The smallest absolute Gasteiger partial charge is 0.126 e. The standard InChI is InChI=1S/C13H20FNO/c1-9-10(6-5-7-11(9)14)12(16)8-15-13(2,3)4/h5-7,12,15-16H,8H2,1-4H3. The van der Waals surface area contributed by atoms with Gasteiger partial charge in [-0.05, 0) is 44.9 Å². The van der Waals surface area contributed by atoms with Crippen LogP contribution in [0.3, 0.4) is 0 Å². The molecule has 16 heavy (non-hydrogen) atoms. The van der Waals surface area contributed by atoms with Crippen molar-refractivity contribution >= 4 is 0 Å². The molecule has 1 aromatic carbocycles. The van der Waals surface area contributed by atoms with Gasteiger partial charge in [0.2, 0.25) is 0 Å². The van der Waals surface area contributed by atoms with Crippen LogP contribution in [0.5, 0.6) is 0 Å². The Morgan fingerprint density at radius 1 is 1.38 bits per heavy atom. The van der Waals surface area contributed by atoms with Gasteiger partial charge in [-0.2, -0.15) is 0 Å². The van der Waals surface area contributed by atoms with Crippen LogP contribution >= 0.6 is 0 Å². The lowest BCUT2D eigenvalue weighted by atomic mass is 10.0. The maximum Gasteiger partial charge on any atom is 0.126 e. The van der Waals surface area contributed by atoms with E-state index in [1.807, 2.05) is 20.8 Å². The first-order valence-electron chi connectivity index (χ1n) is 5.49. The molecule has 2 nitrogen and oxygen atoms in total. The van der Waals surface area contributed by atoms with E-state index in [0.717, 1.165) is 0 Å². The number of benzene rings is 1. The molecule has 1 unspecified atom stereocenters. The van der Waals surface area contributed by atoms with Gasteiger partial charge in [-0.1, -0.05) is 12.1 Å². The average molecular weight is 225 g/mol. The zero-order chi connectivity index (χ0) is 12.3. The summed E-state index contributed by atoms with van der Waals surface area (Å²) < 4.78 is 13.3. The molecule has 1 rings (SSSR count). The number of β-amino-alcohol motifs (C(OH)–C–C–N with tert-alkyl or cyclic N) is 1. The summed E-state index contributed by atoms with van der Waals surface area (Å²) in [5, 5.41) is 13.2. The number of aliphatic hydroxyl groups is 1. The predicted molar refractivity (Wildman–Crippen MR) is 63.9 cm³/mol. The molecule has 0 aliphatic heterocycles. The summed E-state index contributed by atoms with van der Waals surface area (Å²) in [5.74, 6) is -0.271. The molecular weight excluding hydrogens is 205 g/mol. The molecule has 0 aliphatic carbocycles. The van der Waals surface area contributed by atoms with E-state index in [9.17, 15) is 9.50 Å². The first-order valence-corrected chi connectivity index (χ1v) is 5.49. The monoisotopic (exact) mass is 225 g/mol. The Kier molecular flexibility index (Phi) is 4.05. The summed E-state index contributed by atoms with van der Waals surface area (Å²) in [6.07, 6.45) is -0.671. The van der Waals surface area contributed by atoms with E-state index in [1.54, 1.807) is 19.1 Å². The van der Waals surface area contributed by atoms with Crippen molar-refractivity contribution < 1.29 is 9.50 Å². The first kappa shape index (κ1) is 13.1. The first-order chi connectivity index (χ1) is 7.31. The lowest BCUT2D eigenvalue weighted by molar-refractivity contribution is 0.162. The third kappa shape index (κ3) is 3.58. The van der Waals surface area contributed by atoms with Gasteiger partial charge in [0, 0.05) is 12.1 Å². The molecular formula is C13H20FNO. The molecule has 0 amide bonds. The third-order valence-electron chi connectivity index (χ3n) is 2.49. The van der Waals surface area contributed by atoms with Gasteiger partial charge >= 0.3 is 0 Å². The van der Waals surface area contributed by atoms with E-state index in [1.165, 1.54) is 6.07 Å². The lowest BCUT2D eigenvalue weighted by Gasteiger charge is -2.23. The van der Waals surface area contributed by atoms with E-state index in [0.29, 0.717) is 17.7 Å².